The second kappa shape index (κ2) is 7.43. The second-order valence-electron chi connectivity index (χ2n) is 4.43. The topological polar surface area (TPSA) is 9.23 Å². The van der Waals surface area contributed by atoms with E-state index in [-0.39, 0.29) is 4.83 Å². The third-order valence-corrected chi connectivity index (χ3v) is 5.19. The van der Waals surface area contributed by atoms with Gasteiger partial charge in [-0.2, -0.15) is 0 Å². The lowest BCUT2D eigenvalue weighted by molar-refractivity contribution is 0.415. The van der Waals surface area contributed by atoms with E-state index in [1.807, 2.05) is 12.1 Å². The maximum Gasteiger partial charge on any atom is 0.138 e. The van der Waals surface area contributed by atoms with E-state index >= 15 is 0 Å². The lowest BCUT2D eigenvalue weighted by Gasteiger charge is -2.15. The monoisotopic (exact) mass is 426 g/mol. The molecule has 2 rings (SSSR count). The summed E-state index contributed by atoms with van der Waals surface area (Å²) >= 11 is 28.0. The van der Waals surface area contributed by atoms with Crippen molar-refractivity contribution in [2.24, 2.45) is 0 Å². The highest BCUT2D eigenvalue weighted by atomic mass is 79.9. The molecule has 2 aromatic carbocycles. The predicted octanol–water partition coefficient (Wildman–Crippen LogP) is 6.99. The molecule has 21 heavy (non-hydrogen) atoms. The van der Waals surface area contributed by atoms with Crippen molar-refractivity contribution in [2.45, 2.75) is 11.2 Å². The Morgan fingerprint density at radius 1 is 0.952 bits per heavy atom. The van der Waals surface area contributed by atoms with Crippen LogP contribution in [0.1, 0.15) is 16.0 Å². The Morgan fingerprint density at radius 3 is 2.29 bits per heavy atom. The molecule has 0 aliphatic heterocycles. The highest BCUT2D eigenvalue weighted by Gasteiger charge is 2.16. The van der Waals surface area contributed by atoms with Gasteiger partial charge in [-0.3, -0.25) is 0 Å². The molecule has 0 aliphatic rings. The fourth-order valence-corrected chi connectivity index (χ4v) is 3.66. The van der Waals surface area contributed by atoms with Crippen molar-refractivity contribution in [3.05, 3.63) is 61.5 Å². The lowest BCUT2D eigenvalue weighted by Crippen LogP contribution is -1.98. The Morgan fingerprint density at radius 2 is 1.67 bits per heavy atom. The van der Waals surface area contributed by atoms with Gasteiger partial charge in [0.25, 0.3) is 0 Å². The molecule has 1 unspecified atom stereocenters. The molecule has 0 saturated heterocycles. The number of hydrogen-bond acceptors (Lipinski definition) is 1. The van der Waals surface area contributed by atoms with Crippen molar-refractivity contribution in [3.8, 4) is 5.75 Å². The predicted molar refractivity (Wildman–Crippen MR) is 94.8 cm³/mol. The maximum absolute atomic E-state index is 6.28. The molecule has 6 heteroatoms. The van der Waals surface area contributed by atoms with Crippen LogP contribution in [0.3, 0.4) is 0 Å². The summed E-state index contributed by atoms with van der Waals surface area (Å²) in [5.74, 6) is 0.555. The lowest BCUT2D eigenvalue weighted by atomic mass is 10.0. The van der Waals surface area contributed by atoms with Gasteiger partial charge in [-0.25, -0.2) is 0 Å². The Balaban J connectivity index is 2.25. The van der Waals surface area contributed by atoms with Crippen LogP contribution in [0.15, 0.2) is 30.3 Å². The number of alkyl halides is 1. The number of benzene rings is 2. The SMILES string of the molecule is COc1cc(Cl)c(C(Br)Cc2ccc(Cl)c(Cl)c2)cc1Cl. The molecule has 0 aromatic heterocycles. The van der Waals surface area contributed by atoms with E-state index in [1.54, 1.807) is 25.3 Å². The summed E-state index contributed by atoms with van der Waals surface area (Å²) in [7, 11) is 1.55. The van der Waals surface area contributed by atoms with E-state index in [2.05, 4.69) is 15.9 Å². The molecule has 0 amide bonds. The van der Waals surface area contributed by atoms with Crippen LogP contribution < -0.4 is 4.74 Å². The molecule has 0 aliphatic carbocycles. The quantitative estimate of drug-likeness (QED) is 0.477. The fourth-order valence-electron chi connectivity index (χ4n) is 1.92. The first-order chi connectivity index (χ1) is 9.92. The van der Waals surface area contributed by atoms with Crippen LogP contribution in [0.4, 0.5) is 0 Å². The number of rotatable bonds is 4. The van der Waals surface area contributed by atoms with Gasteiger partial charge >= 0.3 is 0 Å². The molecule has 1 atom stereocenters. The Labute approximate surface area is 152 Å². The van der Waals surface area contributed by atoms with E-state index < -0.39 is 0 Å². The number of ether oxygens (including phenoxy) is 1. The van der Waals surface area contributed by atoms with Gasteiger partial charge in [-0.1, -0.05) is 68.4 Å². The zero-order valence-electron chi connectivity index (χ0n) is 11.0. The normalized spacial score (nSPS) is 12.3. The largest absolute Gasteiger partial charge is 0.495 e. The highest BCUT2D eigenvalue weighted by molar-refractivity contribution is 9.09. The average Bonchev–Trinajstić information content (AvgIpc) is 2.44. The zero-order chi connectivity index (χ0) is 15.6. The van der Waals surface area contributed by atoms with E-state index in [4.69, 9.17) is 51.1 Å². The molecule has 0 fully saturated rings. The summed E-state index contributed by atoms with van der Waals surface area (Å²) in [6.07, 6.45) is 0.708. The summed E-state index contributed by atoms with van der Waals surface area (Å²) in [6, 6.07) is 9.07. The van der Waals surface area contributed by atoms with Gasteiger partial charge < -0.3 is 4.74 Å². The summed E-state index contributed by atoms with van der Waals surface area (Å²) in [5.41, 5.74) is 1.95. The van der Waals surface area contributed by atoms with Crippen LogP contribution in [0, 0.1) is 0 Å². The summed E-state index contributed by atoms with van der Waals surface area (Å²) in [4.78, 5) is 0.00523. The Kier molecular flexibility index (Phi) is 6.10. The molecular weight excluding hydrogens is 418 g/mol. The number of hydrogen-bond donors (Lipinski definition) is 0. The highest BCUT2D eigenvalue weighted by Crippen LogP contribution is 2.38. The van der Waals surface area contributed by atoms with Crippen molar-refractivity contribution in [1.29, 1.82) is 0 Å². The number of methoxy groups -OCH3 is 1. The van der Waals surface area contributed by atoms with Crippen LogP contribution in [0.5, 0.6) is 5.75 Å². The van der Waals surface area contributed by atoms with Gasteiger partial charge in [0.2, 0.25) is 0 Å². The molecule has 0 N–H and O–H groups in total. The van der Waals surface area contributed by atoms with E-state index in [0.29, 0.717) is 32.3 Å². The van der Waals surface area contributed by atoms with Gasteiger partial charge in [0.15, 0.2) is 0 Å². The molecular formula is C15H11BrCl4O. The second-order valence-corrected chi connectivity index (χ2v) is 7.16. The minimum absolute atomic E-state index is 0.00523. The maximum atomic E-state index is 6.28. The minimum Gasteiger partial charge on any atom is -0.495 e. The third kappa shape index (κ3) is 4.20. The molecule has 1 nitrogen and oxygen atoms in total. The van der Waals surface area contributed by atoms with Crippen LogP contribution in [0.2, 0.25) is 20.1 Å². The molecule has 2 aromatic rings. The van der Waals surface area contributed by atoms with Gasteiger partial charge in [-0.15, -0.1) is 0 Å². The Bertz CT molecular complexity index is 660. The summed E-state index contributed by atoms with van der Waals surface area (Å²) in [5, 5.41) is 2.19. The van der Waals surface area contributed by atoms with E-state index in [1.165, 1.54) is 0 Å². The zero-order valence-corrected chi connectivity index (χ0v) is 15.6. The molecule has 0 radical (unpaired) electrons. The first-order valence-electron chi connectivity index (χ1n) is 6.03. The van der Waals surface area contributed by atoms with Crippen molar-refractivity contribution < 1.29 is 4.74 Å². The molecule has 0 bridgehead atoms. The first kappa shape index (κ1) is 17.2. The standard InChI is InChI=1S/C15H11BrCl4O/c1-21-15-7-12(18)9(6-14(15)20)10(16)4-8-2-3-11(17)13(19)5-8/h2-3,5-7,10H,4H2,1H3. The van der Waals surface area contributed by atoms with Crippen molar-refractivity contribution in [3.63, 3.8) is 0 Å². The van der Waals surface area contributed by atoms with Crippen molar-refractivity contribution in [2.75, 3.05) is 7.11 Å². The van der Waals surface area contributed by atoms with Crippen LogP contribution >= 0.6 is 62.3 Å². The van der Waals surface area contributed by atoms with Gasteiger partial charge in [0, 0.05) is 15.9 Å². The van der Waals surface area contributed by atoms with Crippen LogP contribution in [-0.4, -0.2) is 7.11 Å². The average molecular weight is 429 g/mol. The summed E-state index contributed by atoms with van der Waals surface area (Å²) < 4.78 is 5.14. The first-order valence-corrected chi connectivity index (χ1v) is 8.46. The Hall–Kier alpha value is -0.120. The molecule has 0 saturated carbocycles. The van der Waals surface area contributed by atoms with Crippen LogP contribution in [-0.2, 0) is 6.42 Å². The van der Waals surface area contributed by atoms with Crippen LogP contribution in [0.25, 0.3) is 0 Å². The minimum atomic E-state index is 0.00523. The molecule has 0 heterocycles. The van der Waals surface area contributed by atoms with Gasteiger partial charge in [0.1, 0.15) is 5.75 Å². The third-order valence-electron chi connectivity index (χ3n) is 3.01. The van der Waals surface area contributed by atoms with E-state index in [0.717, 1.165) is 11.1 Å². The smallest absolute Gasteiger partial charge is 0.138 e. The van der Waals surface area contributed by atoms with Crippen molar-refractivity contribution in [1.82, 2.24) is 0 Å². The molecule has 112 valence electrons. The van der Waals surface area contributed by atoms with Gasteiger partial charge in [-0.05, 0) is 35.7 Å². The molecule has 0 spiro atoms. The number of halogens is 5. The summed E-state index contributed by atoms with van der Waals surface area (Å²) in [6.45, 7) is 0. The van der Waals surface area contributed by atoms with E-state index in [9.17, 15) is 0 Å². The van der Waals surface area contributed by atoms with Gasteiger partial charge in [0.05, 0.1) is 22.2 Å². The fraction of sp³-hybridized carbons (Fsp3) is 0.200. The van der Waals surface area contributed by atoms with Crippen molar-refractivity contribution >= 4 is 62.3 Å².